The van der Waals surface area contributed by atoms with Crippen LogP contribution in [0.5, 0.6) is 0 Å². The first-order valence-electron chi connectivity index (χ1n) is 5.79. The smallest absolute Gasteiger partial charge is 0.253 e. The van der Waals surface area contributed by atoms with E-state index in [2.05, 4.69) is 26.3 Å². The Bertz CT molecular complexity index is 621. The van der Waals surface area contributed by atoms with Crippen LogP contribution in [0.15, 0.2) is 28.9 Å². The molecule has 0 saturated heterocycles. The van der Waals surface area contributed by atoms with E-state index in [9.17, 15) is 4.79 Å². The second-order valence-corrected chi connectivity index (χ2v) is 5.24. The lowest BCUT2D eigenvalue weighted by molar-refractivity contribution is 0.0951. The number of halogens is 1. The van der Waals surface area contributed by atoms with Crippen molar-refractivity contribution < 1.29 is 4.79 Å². The van der Waals surface area contributed by atoms with Crippen LogP contribution in [0.1, 0.15) is 21.6 Å². The highest BCUT2D eigenvalue weighted by molar-refractivity contribution is 9.10. The Morgan fingerprint density at radius 2 is 2.26 bits per heavy atom. The van der Waals surface area contributed by atoms with Gasteiger partial charge in [-0.25, -0.2) is 0 Å². The molecule has 19 heavy (non-hydrogen) atoms. The van der Waals surface area contributed by atoms with E-state index in [4.69, 9.17) is 5.73 Å². The molecule has 0 spiro atoms. The first kappa shape index (κ1) is 13.6. The molecular weight excluding hydrogens is 308 g/mol. The average Bonchev–Trinajstić information content (AvgIpc) is 2.68. The molecule has 1 aromatic carbocycles. The van der Waals surface area contributed by atoms with Crippen LogP contribution in [-0.2, 0) is 13.6 Å². The van der Waals surface area contributed by atoms with Crippen LogP contribution in [0.25, 0.3) is 0 Å². The predicted octanol–water partition coefficient (Wildman–Crippen LogP) is 2.00. The van der Waals surface area contributed by atoms with Crippen molar-refractivity contribution in [1.29, 1.82) is 0 Å². The van der Waals surface area contributed by atoms with Crippen LogP contribution >= 0.6 is 15.9 Å². The number of nitrogens with zero attached hydrogens (tertiary/aromatic N) is 2. The Morgan fingerprint density at radius 1 is 1.53 bits per heavy atom. The lowest BCUT2D eigenvalue weighted by Gasteiger charge is -2.07. The SMILES string of the molecule is Cc1nn(C)cc1CNC(=O)c1cc(Br)ccc1N. The number of benzene rings is 1. The van der Waals surface area contributed by atoms with Gasteiger partial charge < -0.3 is 11.1 Å². The summed E-state index contributed by atoms with van der Waals surface area (Å²) in [5.41, 5.74) is 8.62. The topological polar surface area (TPSA) is 72.9 Å². The first-order valence-corrected chi connectivity index (χ1v) is 6.59. The molecule has 0 bridgehead atoms. The maximum atomic E-state index is 12.1. The third-order valence-electron chi connectivity index (χ3n) is 2.81. The van der Waals surface area contributed by atoms with E-state index in [1.54, 1.807) is 22.9 Å². The summed E-state index contributed by atoms with van der Waals surface area (Å²) in [6.07, 6.45) is 1.89. The van der Waals surface area contributed by atoms with Crippen LogP contribution in [0.2, 0.25) is 0 Å². The fourth-order valence-corrected chi connectivity index (χ4v) is 2.18. The molecule has 0 radical (unpaired) electrons. The first-order chi connectivity index (χ1) is 8.97. The van der Waals surface area contributed by atoms with E-state index in [0.717, 1.165) is 15.7 Å². The molecule has 100 valence electrons. The minimum atomic E-state index is -0.193. The molecule has 5 nitrogen and oxygen atoms in total. The molecule has 0 aliphatic carbocycles. The maximum absolute atomic E-state index is 12.1. The fraction of sp³-hybridized carbons (Fsp3) is 0.231. The van der Waals surface area contributed by atoms with Crippen LogP contribution < -0.4 is 11.1 Å². The Morgan fingerprint density at radius 3 is 2.89 bits per heavy atom. The number of amides is 1. The Hall–Kier alpha value is -1.82. The van der Waals surface area contributed by atoms with Gasteiger partial charge >= 0.3 is 0 Å². The molecule has 0 atom stereocenters. The van der Waals surface area contributed by atoms with Gasteiger partial charge in [0, 0.05) is 35.5 Å². The molecule has 2 rings (SSSR count). The second-order valence-electron chi connectivity index (χ2n) is 4.33. The quantitative estimate of drug-likeness (QED) is 0.849. The minimum Gasteiger partial charge on any atom is -0.398 e. The molecule has 0 fully saturated rings. The van der Waals surface area contributed by atoms with Crippen molar-refractivity contribution in [1.82, 2.24) is 15.1 Å². The van der Waals surface area contributed by atoms with Gasteiger partial charge in [0.15, 0.2) is 0 Å². The normalized spacial score (nSPS) is 10.5. The number of carbonyl (C=O) groups is 1. The molecular formula is C13H15BrN4O. The monoisotopic (exact) mass is 322 g/mol. The Kier molecular flexibility index (Phi) is 3.90. The third-order valence-corrected chi connectivity index (χ3v) is 3.31. The van der Waals surface area contributed by atoms with Gasteiger partial charge in [-0.05, 0) is 25.1 Å². The van der Waals surface area contributed by atoms with Gasteiger partial charge in [0.25, 0.3) is 5.91 Å². The van der Waals surface area contributed by atoms with Gasteiger partial charge in [-0.1, -0.05) is 15.9 Å². The van der Waals surface area contributed by atoms with Gasteiger partial charge in [0.05, 0.1) is 11.3 Å². The average molecular weight is 323 g/mol. The molecule has 0 aliphatic rings. The van der Waals surface area contributed by atoms with Crippen LogP contribution in [0.3, 0.4) is 0 Å². The highest BCUT2D eigenvalue weighted by Gasteiger charge is 2.11. The summed E-state index contributed by atoms with van der Waals surface area (Å²) in [4.78, 5) is 12.1. The summed E-state index contributed by atoms with van der Waals surface area (Å²) in [5.74, 6) is -0.193. The van der Waals surface area contributed by atoms with Gasteiger partial charge in [-0.3, -0.25) is 9.48 Å². The second kappa shape index (κ2) is 5.44. The van der Waals surface area contributed by atoms with Crippen molar-refractivity contribution in [2.24, 2.45) is 7.05 Å². The number of nitrogens with one attached hydrogen (secondary N) is 1. The highest BCUT2D eigenvalue weighted by atomic mass is 79.9. The molecule has 1 amide bonds. The fourth-order valence-electron chi connectivity index (χ4n) is 1.82. The van der Waals surface area contributed by atoms with E-state index in [1.807, 2.05) is 20.2 Å². The summed E-state index contributed by atoms with van der Waals surface area (Å²) in [5, 5.41) is 7.07. The van der Waals surface area contributed by atoms with E-state index in [0.29, 0.717) is 17.8 Å². The van der Waals surface area contributed by atoms with Crippen molar-refractivity contribution in [3.05, 3.63) is 45.7 Å². The zero-order valence-electron chi connectivity index (χ0n) is 10.8. The van der Waals surface area contributed by atoms with Crippen molar-refractivity contribution in [3.8, 4) is 0 Å². The number of anilines is 1. The van der Waals surface area contributed by atoms with Crippen molar-refractivity contribution in [3.63, 3.8) is 0 Å². The van der Waals surface area contributed by atoms with E-state index in [-0.39, 0.29) is 5.91 Å². The molecule has 2 aromatic rings. The molecule has 3 N–H and O–H groups in total. The standard InChI is InChI=1S/C13H15BrN4O/c1-8-9(7-18(2)17-8)6-16-13(19)11-5-10(14)3-4-12(11)15/h3-5,7H,6,15H2,1-2H3,(H,16,19). The van der Waals surface area contributed by atoms with E-state index >= 15 is 0 Å². The summed E-state index contributed by atoms with van der Waals surface area (Å²) < 4.78 is 2.55. The number of aryl methyl sites for hydroxylation is 2. The minimum absolute atomic E-state index is 0.193. The van der Waals surface area contributed by atoms with Crippen LogP contribution in [0.4, 0.5) is 5.69 Å². The lowest BCUT2D eigenvalue weighted by atomic mass is 10.1. The Labute approximate surface area is 119 Å². The number of aromatic nitrogens is 2. The summed E-state index contributed by atoms with van der Waals surface area (Å²) in [6.45, 7) is 2.35. The number of carbonyl (C=O) groups excluding carboxylic acids is 1. The van der Waals surface area contributed by atoms with Gasteiger partial charge in [-0.2, -0.15) is 5.10 Å². The van der Waals surface area contributed by atoms with Gasteiger partial charge in [0.2, 0.25) is 0 Å². The highest BCUT2D eigenvalue weighted by Crippen LogP contribution is 2.18. The largest absolute Gasteiger partial charge is 0.398 e. The number of hydrogen-bond acceptors (Lipinski definition) is 3. The molecule has 1 heterocycles. The van der Waals surface area contributed by atoms with Crippen molar-refractivity contribution >= 4 is 27.5 Å². The summed E-state index contributed by atoms with van der Waals surface area (Å²) in [7, 11) is 1.85. The van der Waals surface area contributed by atoms with E-state index in [1.165, 1.54) is 0 Å². The Balaban J connectivity index is 2.09. The molecule has 0 unspecified atom stereocenters. The predicted molar refractivity (Wildman–Crippen MR) is 77.7 cm³/mol. The van der Waals surface area contributed by atoms with Crippen molar-refractivity contribution in [2.45, 2.75) is 13.5 Å². The number of nitrogen functional groups attached to an aromatic ring is 1. The van der Waals surface area contributed by atoms with Crippen LogP contribution in [0, 0.1) is 6.92 Å². The summed E-state index contributed by atoms with van der Waals surface area (Å²) >= 11 is 3.33. The third kappa shape index (κ3) is 3.14. The van der Waals surface area contributed by atoms with Gasteiger partial charge in [-0.15, -0.1) is 0 Å². The number of nitrogens with two attached hydrogens (primary N) is 1. The lowest BCUT2D eigenvalue weighted by Crippen LogP contribution is -2.24. The molecule has 0 aliphatic heterocycles. The van der Waals surface area contributed by atoms with E-state index < -0.39 is 0 Å². The van der Waals surface area contributed by atoms with Gasteiger partial charge in [0.1, 0.15) is 0 Å². The number of hydrogen-bond donors (Lipinski definition) is 2. The molecule has 6 heteroatoms. The molecule has 0 saturated carbocycles. The summed E-state index contributed by atoms with van der Waals surface area (Å²) in [6, 6.07) is 5.21. The maximum Gasteiger partial charge on any atom is 0.253 e. The number of rotatable bonds is 3. The molecule has 1 aromatic heterocycles. The van der Waals surface area contributed by atoms with Crippen molar-refractivity contribution in [2.75, 3.05) is 5.73 Å². The zero-order chi connectivity index (χ0) is 14.0. The zero-order valence-corrected chi connectivity index (χ0v) is 12.4. The van der Waals surface area contributed by atoms with Crippen LogP contribution in [-0.4, -0.2) is 15.7 Å².